The summed E-state index contributed by atoms with van der Waals surface area (Å²) < 4.78 is 26.4. The Bertz CT molecular complexity index is 1150. The average Bonchev–Trinajstić information content (AvgIpc) is 3.35. The van der Waals surface area contributed by atoms with Crippen molar-refractivity contribution in [3.63, 3.8) is 0 Å². The number of aliphatic carboxylic acids is 1. The molecule has 2 aromatic carbocycles. The third-order valence-corrected chi connectivity index (χ3v) is 7.43. The van der Waals surface area contributed by atoms with Crippen LogP contribution in [-0.2, 0) is 16.0 Å². The van der Waals surface area contributed by atoms with E-state index in [-0.39, 0.29) is 31.6 Å². The summed E-state index contributed by atoms with van der Waals surface area (Å²) in [7, 11) is 0. The smallest absolute Gasteiger partial charge is 0.303 e. The number of benzene rings is 2. The highest BCUT2D eigenvalue weighted by molar-refractivity contribution is 5.96. The summed E-state index contributed by atoms with van der Waals surface area (Å²) in [6.45, 7) is 7.03. The SMILES string of the molecule is CCC(CC(=O)O)c1cc(NC(=O)Cc2ccc3c(c2)OCO3)c(N(CC(C)C)C2CCCCC2)cc1F. The van der Waals surface area contributed by atoms with Crippen molar-refractivity contribution in [1.29, 1.82) is 0 Å². The average molecular weight is 527 g/mol. The van der Waals surface area contributed by atoms with E-state index in [1.165, 1.54) is 12.5 Å². The van der Waals surface area contributed by atoms with Gasteiger partial charge in [0.1, 0.15) is 5.82 Å². The largest absolute Gasteiger partial charge is 0.481 e. The molecule has 2 N–H and O–H groups in total. The number of carboxylic acids is 1. The fourth-order valence-corrected chi connectivity index (χ4v) is 5.58. The van der Waals surface area contributed by atoms with E-state index in [0.29, 0.717) is 40.8 Å². The van der Waals surface area contributed by atoms with E-state index in [1.807, 2.05) is 13.0 Å². The van der Waals surface area contributed by atoms with Gasteiger partial charge in [-0.05, 0) is 66.5 Å². The van der Waals surface area contributed by atoms with Crippen molar-refractivity contribution in [3.05, 3.63) is 47.3 Å². The van der Waals surface area contributed by atoms with E-state index in [4.69, 9.17) is 9.47 Å². The van der Waals surface area contributed by atoms with Gasteiger partial charge >= 0.3 is 5.97 Å². The fraction of sp³-hybridized carbons (Fsp3) is 0.533. The van der Waals surface area contributed by atoms with Crippen LogP contribution in [0, 0.1) is 11.7 Å². The molecule has 38 heavy (non-hydrogen) atoms. The number of carbonyl (C=O) groups excluding carboxylic acids is 1. The Hall–Kier alpha value is -3.29. The van der Waals surface area contributed by atoms with Crippen molar-refractivity contribution >= 4 is 23.3 Å². The fourth-order valence-electron chi connectivity index (χ4n) is 5.58. The molecule has 0 bridgehead atoms. The molecule has 4 rings (SSSR count). The lowest BCUT2D eigenvalue weighted by atomic mass is 9.90. The van der Waals surface area contributed by atoms with Crippen LogP contribution in [0.1, 0.15) is 82.8 Å². The monoisotopic (exact) mass is 526 g/mol. The number of anilines is 2. The number of nitrogens with one attached hydrogen (secondary N) is 1. The van der Waals surface area contributed by atoms with Crippen LogP contribution in [-0.4, -0.2) is 36.4 Å². The minimum absolute atomic E-state index is 0.114. The molecule has 7 nitrogen and oxygen atoms in total. The van der Waals surface area contributed by atoms with Gasteiger partial charge in [-0.25, -0.2) is 4.39 Å². The summed E-state index contributed by atoms with van der Waals surface area (Å²) in [6.07, 6.45) is 5.93. The van der Waals surface area contributed by atoms with Crippen molar-refractivity contribution in [2.75, 3.05) is 23.6 Å². The molecular formula is C30H39FN2O5. The second kappa shape index (κ2) is 12.5. The minimum atomic E-state index is -0.975. The maximum Gasteiger partial charge on any atom is 0.303 e. The van der Waals surface area contributed by atoms with Gasteiger partial charge in [-0.15, -0.1) is 0 Å². The molecule has 0 spiro atoms. The Morgan fingerprint density at radius 2 is 1.84 bits per heavy atom. The lowest BCUT2D eigenvalue weighted by molar-refractivity contribution is -0.137. The molecular weight excluding hydrogens is 487 g/mol. The molecule has 2 aromatic rings. The predicted octanol–water partition coefficient (Wildman–Crippen LogP) is 6.50. The van der Waals surface area contributed by atoms with Crippen molar-refractivity contribution in [3.8, 4) is 11.5 Å². The van der Waals surface area contributed by atoms with Crippen LogP contribution >= 0.6 is 0 Å². The number of nitrogens with zero attached hydrogens (tertiary/aromatic N) is 1. The van der Waals surface area contributed by atoms with Crippen LogP contribution < -0.4 is 19.7 Å². The van der Waals surface area contributed by atoms with Gasteiger partial charge in [-0.1, -0.05) is 46.1 Å². The van der Waals surface area contributed by atoms with Gasteiger partial charge in [0.15, 0.2) is 11.5 Å². The normalized spacial score (nSPS) is 15.9. The Balaban J connectivity index is 1.69. The van der Waals surface area contributed by atoms with Gasteiger partial charge in [0.05, 0.1) is 24.2 Å². The highest BCUT2D eigenvalue weighted by Gasteiger charge is 2.28. The van der Waals surface area contributed by atoms with Crippen molar-refractivity contribution < 1.29 is 28.6 Å². The number of hydrogen-bond acceptors (Lipinski definition) is 5. The third-order valence-electron chi connectivity index (χ3n) is 7.43. The van der Waals surface area contributed by atoms with E-state index in [0.717, 1.165) is 37.8 Å². The Kier molecular flexibility index (Phi) is 9.13. The van der Waals surface area contributed by atoms with E-state index in [2.05, 4.69) is 24.1 Å². The van der Waals surface area contributed by atoms with Crippen LogP contribution in [0.2, 0.25) is 0 Å². The lowest BCUT2D eigenvalue weighted by Gasteiger charge is -2.38. The third kappa shape index (κ3) is 6.77. The van der Waals surface area contributed by atoms with Crippen LogP contribution in [0.15, 0.2) is 30.3 Å². The molecule has 1 amide bonds. The van der Waals surface area contributed by atoms with Crippen LogP contribution in [0.4, 0.5) is 15.8 Å². The van der Waals surface area contributed by atoms with Crippen molar-refractivity contribution in [2.45, 2.75) is 84.1 Å². The molecule has 1 heterocycles. The first-order chi connectivity index (χ1) is 18.2. The number of ether oxygens (including phenoxy) is 2. The predicted molar refractivity (Wildman–Crippen MR) is 146 cm³/mol. The lowest BCUT2D eigenvalue weighted by Crippen LogP contribution is -2.40. The zero-order valence-electron chi connectivity index (χ0n) is 22.6. The maximum atomic E-state index is 15.6. The first kappa shape index (κ1) is 27.7. The summed E-state index contributed by atoms with van der Waals surface area (Å²) in [6, 6.07) is 8.85. The summed E-state index contributed by atoms with van der Waals surface area (Å²) in [5.41, 5.74) is 2.29. The Labute approximate surface area is 224 Å². The van der Waals surface area contributed by atoms with Gasteiger partial charge in [-0.3, -0.25) is 9.59 Å². The van der Waals surface area contributed by atoms with Crippen LogP contribution in [0.3, 0.4) is 0 Å². The molecule has 0 saturated heterocycles. The number of carboxylic acid groups (broad SMARTS) is 1. The molecule has 0 radical (unpaired) electrons. The Morgan fingerprint density at radius 1 is 1.11 bits per heavy atom. The zero-order chi connectivity index (χ0) is 27.2. The van der Waals surface area contributed by atoms with Gasteiger partial charge in [0.2, 0.25) is 12.7 Å². The molecule has 8 heteroatoms. The van der Waals surface area contributed by atoms with E-state index < -0.39 is 17.7 Å². The van der Waals surface area contributed by atoms with Crippen molar-refractivity contribution in [2.24, 2.45) is 5.92 Å². The van der Waals surface area contributed by atoms with E-state index >= 15 is 4.39 Å². The van der Waals surface area contributed by atoms with E-state index in [1.54, 1.807) is 18.2 Å². The number of amides is 1. The zero-order valence-corrected chi connectivity index (χ0v) is 22.6. The number of hydrogen-bond donors (Lipinski definition) is 2. The van der Waals surface area contributed by atoms with Gasteiger partial charge in [0.25, 0.3) is 0 Å². The van der Waals surface area contributed by atoms with Gasteiger partial charge in [0, 0.05) is 12.6 Å². The first-order valence-corrected chi connectivity index (χ1v) is 13.7. The molecule has 1 unspecified atom stereocenters. The quantitative estimate of drug-likeness (QED) is 0.348. The highest BCUT2D eigenvalue weighted by Crippen LogP contribution is 2.39. The molecule has 0 aromatic heterocycles. The number of rotatable bonds is 11. The Morgan fingerprint density at radius 3 is 2.53 bits per heavy atom. The summed E-state index contributed by atoms with van der Waals surface area (Å²) in [5, 5.41) is 12.5. The van der Waals surface area contributed by atoms with E-state index in [9.17, 15) is 14.7 Å². The van der Waals surface area contributed by atoms with Crippen LogP contribution in [0.5, 0.6) is 11.5 Å². The summed E-state index contributed by atoms with van der Waals surface area (Å²) in [4.78, 5) is 27.0. The molecule has 1 atom stereocenters. The van der Waals surface area contributed by atoms with Crippen LogP contribution in [0.25, 0.3) is 0 Å². The standard InChI is InChI=1S/C30H39FN2O5/c1-4-21(14-30(35)36)23-15-25(32-29(34)13-20-10-11-27-28(12-20)38-18-37-27)26(16-24(23)31)33(17-19(2)3)22-8-6-5-7-9-22/h10-12,15-16,19,21-22H,4-9,13-14,17-18H2,1-3H3,(H,32,34)(H,35,36). The number of fused-ring (bicyclic) bond motifs is 1. The first-order valence-electron chi connectivity index (χ1n) is 13.7. The maximum absolute atomic E-state index is 15.6. The van der Waals surface area contributed by atoms with Crippen molar-refractivity contribution in [1.82, 2.24) is 0 Å². The molecule has 206 valence electrons. The van der Waals surface area contributed by atoms with Gasteiger partial charge < -0.3 is 24.8 Å². The molecule has 1 saturated carbocycles. The number of halogens is 1. The minimum Gasteiger partial charge on any atom is -0.481 e. The molecule has 1 fully saturated rings. The molecule has 2 aliphatic rings. The molecule has 1 aliphatic carbocycles. The highest BCUT2D eigenvalue weighted by atomic mass is 19.1. The summed E-state index contributed by atoms with van der Waals surface area (Å²) >= 11 is 0. The topological polar surface area (TPSA) is 88.1 Å². The second-order valence-corrected chi connectivity index (χ2v) is 10.8. The molecule has 1 aliphatic heterocycles. The van der Waals surface area contributed by atoms with Gasteiger partial charge in [-0.2, -0.15) is 0 Å². The summed E-state index contributed by atoms with van der Waals surface area (Å²) in [5.74, 6) is -0.516. The number of carbonyl (C=O) groups is 2. The second-order valence-electron chi connectivity index (χ2n) is 10.8.